The van der Waals surface area contributed by atoms with Crippen molar-refractivity contribution in [1.82, 2.24) is 0 Å². The summed E-state index contributed by atoms with van der Waals surface area (Å²) in [6.45, 7) is -0.00460. The van der Waals surface area contributed by atoms with Gasteiger partial charge in [-0.05, 0) is 29.6 Å². The number of hydrogen-bond donors (Lipinski definition) is 2. The van der Waals surface area contributed by atoms with Crippen LogP contribution in [0.1, 0.15) is 23.7 Å². The molecule has 2 unspecified atom stereocenters. The normalized spacial score (nSPS) is 14.6. The van der Waals surface area contributed by atoms with E-state index < -0.39 is 23.9 Å². The predicted octanol–water partition coefficient (Wildman–Crippen LogP) is 2.80. The Hall–Kier alpha value is -1.76. The lowest BCUT2D eigenvalue weighted by atomic mass is 10.0. The van der Waals surface area contributed by atoms with Crippen molar-refractivity contribution in [3.63, 3.8) is 0 Å². The van der Waals surface area contributed by atoms with E-state index in [2.05, 4.69) is 10.0 Å². The zero-order chi connectivity index (χ0) is 14.5. The third kappa shape index (κ3) is 4.44. The number of aliphatic hydroxyl groups is 2. The van der Waals surface area contributed by atoms with Crippen molar-refractivity contribution in [2.75, 3.05) is 6.54 Å². The minimum atomic E-state index is -4.44. The van der Waals surface area contributed by atoms with Crippen LogP contribution in [0.25, 0.3) is 10.4 Å². The maximum Gasteiger partial charge on any atom is 0.416 e. The fourth-order valence-corrected chi connectivity index (χ4v) is 1.48. The van der Waals surface area contributed by atoms with Crippen molar-refractivity contribution in [2.45, 2.75) is 24.8 Å². The number of nitrogens with zero attached hydrogens (tertiary/aromatic N) is 3. The predicted molar refractivity (Wildman–Crippen MR) is 61.0 cm³/mol. The van der Waals surface area contributed by atoms with E-state index in [0.717, 1.165) is 24.3 Å². The van der Waals surface area contributed by atoms with Crippen molar-refractivity contribution >= 4 is 0 Å². The van der Waals surface area contributed by atoms with Gasteiger partial charge in [-0.1, -0.05) is 17.2 Å². The molecule has 0 spiro atoms. The largest absolute Gasteiger partial charge is 0.416 e. The van der Waals surface area contributed by atoms with Crippen LogP contribution >= 0.6 is 0 Å². The number of halogens is 3. The van der Waals surface area contributed by atoms with Crippen molar-refractivity contribution < 1.29 is 23.4 Å². The Labute approximate surface area is 106 Å². The number of alkyl halides is 3. The first-order valence-corrected chi connectivity index (χ1v) is 5.40. The van der Waals surface area contributed by atoms with Gasteiger partial charge in [-0.15, -0.1) is 0 Å². The highest BCUT2D eigenvalue weighted by Crippen LogP contribution is 2.30. The van der Waals surface area contributed by atoms with E-state index >= 15 is 0 Å². The zero-order valence-electron chi connectivity index (χ0n) is 9.75. The van der Waals surface area contributed by atoms with Gasteiger partial charge in [-0.3, -0.25) is 0 Å². The minimum absolute atomic E-state index is 0.00460. The molecule has 0 radical (unpaired) electrons. The van der Waals surface area contributed by atoms with Crippen molar-refractivity contribution in [3.05, 3.63) is 45.8 Å². The van der Waals surface area contributed by atoms with Crippen LogP contribution in [0.3, 0.4) is 0 Å². The van der Waals surface area contributed by atoms with E-state index in [1.807, 2.05) is 0 Å². The summed E-state index contributed by atoms with van der Waals surface area (Å²) in [5, 5.41) is 22.5. The molecule has 2 atom stereocenters. The molecule has 0 aliphatic rings. The quantitative estimate of drug-likeness (QED) is 0.491. The van der Waals surface area contributed by atoms with Gasteiger partial charge in [0.15, 0.2) is 0 Å². The number of hydrogen-bond acceptors (Lipinski definition) is 3. The SMILES string of the molecule is [N-]=[N+]=NCCC(O)C(O)c1ccc(C(F)(F)F)cc1. The molecule has 0 heterocycles. The molecule has 104 valence electrons. The summed E-state index contributed by atoms with van der Waals surface area (Å²) >= 11 is 0. The van der Waals surface area contributed by atoms with Crippen LogP contribution in [0.4, 0.5) is 13.2 Å². The highest BCUT2D eigenvalue weighted by atomic mass is 19.4. The first-order chi connectivity index (χ1) is 8.86. The average Bonchev–Trinajstić information content (AvgIpc) is 2.37. The van der Waals surface area contributed by atoms with Gasteiger partial charge < -0.3 is 10.2 Å². The Morgan fingerprint density at radius 3 is 2.26 bits per heavy atom. The summed E-state index contributed by atoms with van der Waals surface area (Å²) in [7, 11) is 0. The van der Waals surface area contributed by atoms with Gasteiger partial charge in [0.1, 0.15) is 6.10 Å². The van der Waals surface area contributed by atoms with Crippen LogP contribution < -0.4 is 0 Å². The van der Waals surface area contributed by atoms with Gasteiger partial charge >= 0.3 is 6.18 Å². The van der Waals surface area contributed by atoms with Crippen LogP contribution in [0.15, 0.2) is 29.4 Å². The Balaban J connectivity index is 2.72. The molecular weight excluding hydrogens is 263 g/mol. The maximum atomic E-state index is 12.3. The summed E-state index contributed by atoms with van der Waals surface area (Å²) < 4.78 is 37.0. The number of aliphatic hydroxyl groups excluding tert-OH is 2. The van der Waals surface area contributed by atoms with E-state index in [0.29, 0.717) is 0 Å². The van der Waals surface area contributed by atoms with Gasteiger partial charge in [0.2, 0.25) is 0 Å². The first-order valence-electron chi connectivity index (χ1n) is 5.40. The standard InChI is InChI=1S/C11H12F3N3O2/c12-11(13,14)8-3-1-7(2-4-8)10(19)9(18)5-6-16-17-15/h1-4,9-10,18-19H,5-6H2. The third-order valence-electron chi connectivity index (χ3n) is 2.53. The Morgan fingerprint density at radius 2 is 1.79 bits per heavy atom. The second-order valence-electron chi connectivity index (χ2n) is 3.88. The summed E-state index contributed by atoms with van der Waals surface area (Å²) in [4.78, 5) is 2.49. The molecule has 0 aliphatic heterocycles. The van der Waals surface area contributed by atoms with Crippen LogP contribution in [0, 0.1) is 0 Å². The molecule has 0 saturated heterocycles. The molecule has 1 aromatic carbocycles. The lowest BCUT2D eigenvalue weighted by molar-refractivity contribution is -0.137. The molecule has 5 nitrogen and oxygen atoms in total. The fourth-order valence-electron chi connectivity index (χ4n) is 1.48. The third-order valence-corrected chi connectivity index (χ3v) is 2.53. The number of azide groups is 1. The van der Waals surface area contributed by atoms with Crippen molar-refractivity contribution in [3.8, 4) is 0 Å². The average molecular weight is 275 g/mol. The van der Waals surface area contributed by atoms with Crippen LogP contribution in [-0.2, 0) is 6.18 Å². The van der Waals surface area contributed by atoms with Crippen LogP contribution in [0.5, 0.6) is 0 Å². The summed E-state index contributed by atoms with van der Waals surface area (Å²) in [6.07, 6.45) is -6.95. The molecule has 0 aromatic heterocycles. The summed E-state index contributed by atoms with van der Waals surface area (Å²) in [5.41, 5.74) is 7.39. The molecule has 0 amide bonds. The Bertz CT molecular complexity index is 455. The topological polar surface area (TPSA) is 89.2 Å². The van der Waals surface area contributed by atoms with E-state index in [1.54, 1.807) is 0 Å². The first kappa shape index (κ1) is 15.3. The van der Waals surface area contributed by atoms with E-state index in [9.17, 15) is 23.4 Å². The van der Waals surface area contributed by atoms with E-state index in [1.165, 1.54) is 0 Å². The molecule has 0 aliphatic carbocycles. The minimum Gasteiger partial charge on any atom is -0.390 e. The molecule has 2 N–H and O–H groups in total. The smallest absolute Gasteiger partial charge is 0.390 e. The zero-order valence-corrected chi connectivity index (χ0v) is 9.75. The van der Waals surface area contributed by atoms with Gasteiger partial charge in [-0.25, -0.2) is 0 Å². The molecule has 0 fully saturated rings. The van der Waals surface area contributed by atoms with Crippen LogP contribution in [0.2, 0.25) is 0 Å². The van der Waals surface area contributed by atoms with Crippen LogP contribution in [-0.4, -0.2) is 22.9 Å². The second-order valence-corrected chi connectivity index (χ2v) is 3.88. The van der Waals surface area contributed by atoms with Gasteiger partial charge in [0.25, 0.3) is 0 Å². The molecule has 8 heteroatoms. The monoisotopic (exact) mass is 275 g/mol. The highest BCUT2D eigenvalue weighted by Gasteiger charge is 2.30. The summed E-state index contributed by atoms with van der Waals surface area (Å²) in [6, 6.07) is 3.87. The van der Waals surface area contributed by atoms with Gasteiger partial charge in [0, 0.05) is 11.5 Å². The van der Waals surface area contributed by atoms with Gasteiger partial charge in [0.05, 0.1) is 11.7 Å². The molecule has 0 saturated carbocycles. The second kappa shape index (κ2) is 6.42. The fraction of sp³-hybridized carbons (Fsp3) is 0.455. The summed E-state index contributed by atoms with van der Waals surface area (Å²) in [5.74, 6) is 0. The van der Waals surface area contributed by atoms with E-state index in [-0.39, 0.29) is 18.5 Å². The molecule has 1 rings (SSSR count). The molecule has 0 bridgehead atoms. The molecule has 1 aromatic rings. The lowest BCUT2D eigenvalue weighted by Crippen LogP contribution is -2.19. The molecular formula is C11H12F3N3O2. The lowest BCUT2D eigenvalue weighted by Gasteiger charge is -2.18. The van der Waals surface area contributed by atoms with Crippen molar-refractivity contribution in [1.29, 1.82) is 0 Å². The number of rotatable bonds is 5. The van der Waals surface area contributed by atoms with E-state index in [4.69, 9.17) is 5.53 Å². The van der Waals surface area contributed by atoms with Gasteiger partial charge in [-0.2, -0.15) is 13.2 Å². The maximum absolute atomic E-state index is 12.3. The Morgan fingerprint density at radius 1 is 1.21 bits per heavy atom. The number of benzene rings is 1. The molecule has 19 heavy (non-hydrogen) atoms. The van der Waals surface area contributed by atoms with Crippen molar-refractivity contribution in [2.24, 2.45) is 5.11 Å². The Kier molecular flexibility index (Phi) is 5.17. The highest BCUT2D eigenvalue weighted by molar-refractivity contribution is 5.26.